The number of benzene rings is 2. The predicted molar refractivity (Wildman–Crippen MR) is 86.8 cm³/mol. The minimum Gasteiger partial charge on any atom is -0.497 e. The Balaban J connectivity index is 1.86. The Hall–Kier alpha value is -2.13. The van der Waals surface area contributed by atoms with Gasteiger partial charge in [-0.2, -0.15) is 0 Å². The first-order valence-electron chi connectivity index (χ1n) is 7.66. The first-order valence-corrected chi connectivity index (χ1v) is 7.66. The fraction of sp³-hybridized carbons (Fsp3) is 0.316. The molecular formula is C19H21NO2. The van der Waals surface area contributed by atoms with Gasteiger partial charge in [0.15, 0.2) is 0 Å². The van der Waals surface area contributed by atoms with E-state index in [1.54, 1.807) is 7.11 Å². The van der Waals surface area contributed by atoms with Crippen LogP contribution in [-0.2, 0) is 4.79 Å². The normalized spacial score (nSPS) is 25.0. The number of carbonyl (C=O) groups excluding carboxylic acids is 1. The summed E-state index contributed by atoms with van der Waals surface area (Å²) in [4.78, 5) is 12.4. The summed E-state index contributed by atoms with van der Waals surface area (Å²) in [5.74, 6) is 1.12. The molecule has 114 valence electrons. The monoisotopic (exact) mass is 295 g/mol. The van der Waals surface area contributed by atoms with Crippen molar-refractivity contribution >= 4 is 5.78 Å². The van der Waals surface area contributed by atoms with Crippen LogP contribution in [0.25, 0.3) is 0 Å². The highest BCUT2D eigenvalue weighted by molar-refractivity contribution is 5.83. The van der Waals surface area contributed by atoms with Crippen molar-refractivity contribution in [3.05, 3.63) is 65.7 Å². The van der Waals surface area contributed by atoms with Crippen LogP contribution < -0.4 is 10.1 Å². The van der Waals surface area contributed by atoms with E-state index in [0.29, 0.717) is 12.2 Å². The van der Waals surface area contributed by atoms with Crippen LogP contribution in [0.1, 0.15) is 36.6 Å². The minimum absolute atomic E-state index is 0.0200. The predicted octanol–water partition coefficient (Wildman–Crippen LogP) is 3.68. The van der Waals surface area contributed by atoms with E-state index < -0.39 is 0 Å². The molecule has 0 aliphatic carbocycles. The molecule has 3 heteroatoms. The maximum absolute atomic E-state index is 12.4. The Morgan fingerprint density at radius 1 is 1.00 bits per heavy atom. The largest absolute Gasteiger partial charge is 0.497 e. The molecule has 1 aliphatic rings. The summed E-state index contributed by atoms with van der Waals surface area (Å²) >= 11 is 0. The van der Waals surface area contributed by atoms with Gasteiger partial charge in [0.1, 0.15) is 11.5 Å². The molecule has 0 amide bonds. The third-order valence-electron chi connectivity index (χ3n) is 4.47. The van der Waals surface area contributed by atoms with Gasteiger partial charge in [0.2, 0.25) is 0 Å². The summed E-state index contributed by atoms with van der Waals surface area (Å²) in [6.45, 7) is 2.01. The first-order chi connectivity index (χ1) is 10.7. The quantitative estimate of drug-likeness (QED) is 0.939. The fourth-order valence-corrected chi connectivity index (χ4v) is 3.09. The van der Waals surface area contributed by atoms with Crippen LogP contribution in [0, 0.1) is 5.92 Å². The molecule has 0 radical (unpaired) electrons. The van der Waals surface area contributed by atoms with Gasteiger partial charge in [-0.25, -0.2) is 0 Å². The minimum atomic E-state index is -0.0200. The summed E-state index contributed by atoms with van der Waals surface area (Å²) < 4.78 is 5.21. The maximum Gasteiger partial charge on any atom is 0.139 e. The van der Waals surface area contributed by atoms with E-state index in [1.165, 1.54) is 5.56 Å². The number of methoxy groups -OCH3 is 1. The summed E-state index contributed by atoms with van der Waals surface area (Å²) in [6.07, 6.45) is 0.553. The standard InChI is InChI=1S/C19H21NO2/c1-13-18(21)12-17(14-6-4-3-5-7-14)20-19(13)15-8-10-16(22-2)11-9-15/h3-11,13,17,19-20H,12H2,1-2H3. The lowest BCUT2D eigenvalue weighted by molar-refractivity contribution is -0.126. The zero-order chi connectivity index (χ0) is 15.5. The van der Waals surface area contributed by atoms with Gasteiger partial charge in [0.25, 0.3) is 0 Å². The van der Waals surface area contributed by atoms with E-state index in [0.717, 1.165) is 11.3 Å². The molecule has 3 unspecified atom stereocenters. The van der Waals surface area contributed by atoms with Crippen molar-refractivity contribution in [1.29, 1.82) is 0 Å². The van der Waals surface area contributed by atoms with Crippen molar-refractivity contribution in [1.82, 2.24) is 5.32 Å². The number of Topliss-reactive ketones (excluding diaryl/α,β-unsaturated/α-hetero) is 1. The summed E-state index contributed by atoms with van der Waals surface area (Å²) in [7, 11) is 1.66. The third-order valence-corrected chi connectivity index (χ3v) is 4.47. The molecule has 1 fully saturated rings. The molecule has 0 saturated carbocycles. The molecule has 3 atom stereocenters. The number of nitrogens with one attached hydrogen (secondary N) is 1. The van der Waals surface area contributed by atoms with Gasteiger partial charge in [-0.05, 0) is 23.3 Å². The van der Waals surface area contributed by atoms with E-state index in [4.69, 9.17) is 4.74 Å². The van der Waals surface area contributed by atoms with Crippen molar-refractivity contribution in [2.45, 2.75) is 25.4 Å². The van der Waals surface area contributed by atoms with E-state index in [1.807, 2.05) is 49.4 Å². The molecule has 0 spiro atoms. The molecule has 1 heterocycles. The van der Waals surface area contributed by atoms with Crippen molar-refractivity contribution in [3.8, 4) is 5.75 Å². The highest BCUT2D eigenvalue weighted by Gasteiger charge is 2.34. The van der Waals surface area contributed by atoms with Gasteiger partial charge in [0, 0.05) is 24.4 Å². The SMILES string of the molecule is COc1ccc(C2NC(c3ccccc3)CC(=O)C2C)cc1. The zero-order valence-electron chi connectivity index (χ0n) is 13.0. The van der Waals surface area contributed by atoms with Gasteiger partial charge >= 0.3 is 0 Å². The van der Waals surface area contributed by atoms with E-state index in [9.17, 15) is 4.79 Å². The first kappa shape index (κ1) is 14.8. The molecule has 2 aromatic rings. The topological polar surface area (TPSA) is 38.3 Å². The van der Waals surface area contributed by atoms with Gasteiger partial charge < -0.3 is 10.1 Å². The summed E-state index contributed by atoms with van der Waals surface area (Å²) in [6, 6.07) is 18.3. The van der Waals surface area contributed by atoms with E-state index in [2.05, 4.69) is 17.4 Å². The highest BCUT2D eigenvalue weighted by atomic mass is 16.5. The molecule has 1 saturated heterocycles. The van der Waals surface area contributed by atoms with Gasteiger partial charge in [-0.3, -0.25) is 4.79 Å². The molecular weight excluding hydrogens is 274 g/mol. The second kappa shape index (κ2) is 6.32. The van der Waals surface area contributed by atoms with Crippen LogP contribution in [0.4, 0.5) is 0 Å². The Morgan fingerprint density at radius 2 is 1.68 bits per heavy atom. The van der Waals surface area contributed by atoms with Crippen molar-refractivity contribution < 1.29 is 9.53 Å². The number of rotatable bonds is 3. The highest BCUT2D eigenvalue weighted by Crippen LogP contribution is 2.35. The van der Waals surface area contributed by atoms with Crippen LogP contribution in [-0.4, -0.2) is 12.9 Å². The van der Waals surface area contributed by atoms with Gasteiger partial charge in [-0.1, -0.05) is 49.4 Å². The molecule has 0 bridgehead atoms. The van der Waals surface area contributed by atoms with Crippen molar-refractivity contribution in [3.63, 3.8) is 0 Å². The van der Waals surface area contributed by atoms with E-state index >= 15 is 0 Å². The van der Waals surface area contributed by atoms with Crippen molar-refractivity contribution in [2.75, 3.05) is 7.11 Å². The number of piperidine rings is 1. The van der Waals surface area contributed by atoms with Crippen LogP contribution in [0.2, 0.25) is 0 Å². The number of hydrogen-bond acceptors (Lipinski definition) is 3. The molecule has 22 heavy (non-hydrogen) atoms. The lowest BCUT2D eigenvalue weighted by atomic mass is 9.82. The van der Waals surface area contributed by atoms with Crippen LogP contribution in [0.3, 0.4) is 0 Å². The number of carbonyl (C=O) groups is 1. The second-order valence-electron chi connectivity index (χ2n) is 5.84. The Labute approximate surface area is 131 Å². The fourth-order valence-electron chi connectivity index (χ4n) is 3.09. The third kappa shape index (κ3) is 2.90. The van der Waals surface area contributed by atoms with Crippen LogP contribution in [0.5, 0.6) is 5.75 Å². The molecule has 1 aliphatic heterocycles. The Bertz CT molecular complexity index is 636. The number of hydrogen-bond donors (Lipinski definition) is 1. The maximum atomic E-state index is 12.4. The lowest BCUT2D eigenvalue weighted by Gasteiger charge is -2.35. The smallest absolute Gasteiger partial charge is 0.139 e. The second-order valence-corrected chi connectivity index (χ2v) is 5.84. The van der Waals surface area contributed by atoms with Gasteiger partial charge in [-0.15, -0.1) is 0 Å². The Morgan fingerprint density at radius 3 is 2.32 bits per heavy atom. The lowest BCUT2D eigenvalue weighted by Crippen LogP contribution is -2.41. The number of ketones is 1. The van der Waals surface area contributed by atoms with E-state index in [-0.39, 0.29) is 18.0 Å². The molecule has 0 aromatic heterocycles. The Kier molecular flexibility index (Phi) is 4.25. The molecule has 3 nitrogen and oxygen atoms in total. The van der Waals surface area contributed by atoms with Crippen LogP contribution >= 0.6 is 0 Å². The molecule has 1 N–H and O–H groups in total. The average molecular weight is 295 g/mol. The average Bonchev–Trinajstić information content (AvgIpc) is 2.58. The summed E-state index contributed by atoms with van der Waals surface area (Å²) in [5.41, 5.74) is 2.29. The molecule has 2 aromatic carbocycles. The zero-order valence-corrected chi connectivity index (χ0v) is 13.0. The molecule has 3 rings (SSSR count). The van der Waals surface area contributed by atoms with Gasteiger partial charge in [0.05, 0.1) is 7.11 Å². The van der Waals surface area contributed by atoms with Crippen LogP contribution in [0.15, 0.2) is 54.6 Å². The van der Waals surface area contributed by atoms with Crippen molar-refractivity contribution in [2.24, 2.45) is 5.92 Å². The summed E-state index contributed by atoms with van der Waals surface area (Å²) in [5, 5.41) is 3.64. The number of ether oxygens (including phenoxy) is 1.